The molecule has 0 radical (unpaired) electrons. The van der Waals surface area contributed by atoms with Gasteiger partial charge in [0.15, 0.2) is 0 Å². The zero-order valence-electron chi connectivity index (χ0n) is 14.1. The molecule has 2 rings (SSSR count). The lowest BCUT2D eigenvalue weighted by atomic mass is 10.1. The first kappa shape index (κ1) is 17.7. The Kier molecular flexibility index (Phi) is 5.07. The van der Waals surface area contributed by atoms with Gasteiger partial charge in [-0.2, -0.15) is 0 Å². The Hall–Kier alpha value is -2.63. The monoisotopic (exact) mass is 333 g/mol. The minimum absolute atomic E-state index is 0.208. The second-order valence-electron chi connectivity index (χ2n) is 6.16. The first-order valence-corrected chi connectivity index (χ1v) is 7.60. The fourth-order valence-corrected chi connectivity index (χ4v) is 2.17. The highest BCUT2D eigenvalue weighted by atomic mass is 19.1. The number of benzene rings is 1. The lowest BCUT2D eigenvalue weighted by Crippen LogP contribution is -2.27. The van der Waals surface area contributed by atoms with Crippen LogP contribution < -0.4 is 0 Å². The molecule has 0 spiro atoms. The molecule has 24 heavy (non-hydrogen) atoms. The smallest absolute Gasteiger partial charge is 0.419 e. The van der Waals surface area contributed by atoms with Crippen LogP contribution in [-0.2, 0) is 9.47 Å². The first-order valence-electron chi connectivity index (χ1n) is 7.60. The van der Waals surface area contributed by atoms with Crippen molar-refractivity contribution in [3.8, 4) is 11.3 Å². The quantitative estimate of drug-likeness (QED) is 0.788. The predicted molar refractivity (Wildman–Crippen MR) is 87.4 cm³/mol. The molecule has 0 aliphatic rings. The minimum Gasteiger partial charge on any atom is -0.462 e. The fraction of sp³-hybridized carbons (Fsp3) is 0.333. The van der Waals surface area contributed by atoms with Crippen LogP contribution in [0, 0.1) is 5.82 Å². The predicted octanol–water partition coefficient (Wildman–Crippen LogP) is 4.25. The molecule has 1 heterocycles. The van der Waals surface area contributed by atoms with Gasteiger partial charge in [-0.1, -0.05) is 0 Å². The van der Waals surface area contributed by atoms with Crippen molar-refractivity contribution < 1.29 is 23.5 Å². The Morgan fingerprint density at radius 3 is 2.29 bits per heavy atom. The van der Waals surface area contributed by atoms with E-state index in [1.807, 2.05) is 0 Å². The number of aromatic nitrogens is 1. The van der Waals surface area contributed by atoms with Crippen LogP contribution in [0.3, 0.4) is 0 Å². The van der Waals surface area contributed by atoms with Gasteiger partial charge < -0.3 is 9.47 Å². The van der Waals surface area contributed by atoms with Crippen LogP contribution in [-0.4, -0.2) is 28.8 Å². The fourth-order valence-electron chi connectivity index (χ4n) is 2.17. The maximum atomic E-state index is 13.2. The maximum absolute atomic E-state index is 13.2. The number of hydrogen-bond acceptors (Lipinski definition) is 4. The zero-order valence-corrected chi connectivity index (χ0v) is 14.1. The summed E-state index contributed by atoms with van der Waals surface area (Å²) in [6.07, 6.45) is 0.816. The van der Waals surface area contributed by atoms with Crippen molar-refractivity contribution in [1.29, 1.82) is 0 Å². The molecule has 0 aliphatic heterocycles. The van der Waals surface area contributed by atoms with Crippen molar-refractivity contribution >= 4 is 12.1 Å². The van der Waals surface area contributed by atoms with Gasteiger partial charge >= 0.3 is 12.1 Å². The molecule has 2 aromatic rings. The van der Waals surface area contributed by atoms with E-state index in [1.54, 1.807) is 27.7 Å². The van der Waals surface area contributed by atoms with E-state index in [-0.39, 0.29) is 12.2 Å². The molecular formula is C18H20FNO4. The summed E-state index contributed by atoms with van der Waals surface area (Å²) in [4.78, 5) is 24.6. The molecule has 0 atom stereocenters. The van der Waals surface area contributed by atoms with Crippen molar-refractivity contribution in [2.24, 2.45) is 0 Å². The molecule has 1 aromatic carbocycles. The Morgan fingerprint density at radius 1 is 1.12 bits per heavy atom. The minimum atomic E-state index is -0.689. The van der Waals surface area contributed by atoms with E-state index < -0.39 is 23.5 Å². The Bertz CT molecular complexity index is 741. The van der Waals surface area contributed by atoms with Crippen molar-refractivity contribution in [3.05, 3.63) is 47.9 Å². The van der Waals surface area contributed by atoms with Crippen LogP contribution in [0.1, 0.15) is 38.1 Å². The standard InChI is InChI=1S/C18H20FNO4/c1-5-23-16(21)14-10-11-20(17(22)24-18(2,3)4)15(14)12-6-8-13(19)9-7-12/h6-11H,5H2,1-4H3. The summed E-state index contributed by atoms with van der Waals surface area (Å²) in [5.74, 6) is -0.967. The number of hydrogen-bond donors (Lipinski definition) is 0. The average molecular weight is 333 g/mol. The summed E-state index contributed by atoms with van der Waals surface area (Å²) in [5.41, 5.74) is 0.346. The normalized spacial score (nSPS) is 11.2. The molecule has 128 valence electrons. The van der Waals surface area contributed by atoms with Crippen LogP contribution in [0.5, 0.6) is 0 Å². The van der Waals surface area contributed by atoms with Gasteiger partial charge in [-0.05, 0) is 63.6 Å². The van der Waals surface area contributed by atoms with E-state index in [2.05, 4.69) is 0 Å². The van der Waals surface area contributed by atoms with Crippen LogP contribution >= 0.6 is 0 Å². The van der Waals surface area contributed by atoms with E-state index >= 15 is 0 Å². The van der Waals surface area contributed by atoms with Gasteiger partial charge in [0.25, 0.3) is 0 Å². The third-order valence-electron chi connectivity index (χ3n) is 3.09. The van der Waals surface area contributed by atoms with Gasteiger partial charge in [0.2, 0.25) is 0 Å². The van der Waals surface area contributed by atoms with Gasteiger partial charge in [0.05, 0.1) is 17.9 Å². The zero-order chi connectivity index (χ0) is 17.9. The molecular weight excluding hydrogens is 313 g/mol. The van der Waals surface area contributed by atoms with Gasteiger partial charge in [-0.3, -0.25) is 4.57 Å². The Morgan fingerprint density at radius 2 is 1.75 bits per heavy atom. The molecule has 0 aliphatic carbocycles. The average Bonchev–Trinajstić information content (AvgIpc) is 2.91. The molecule has 0 amide bonds. The summed E-state index contributed by atoms with van der Waals surface area (Å²) in [7, 11) is 0. The van der Waals surface area contributed by atoms with E-state index in [4.69, 9.17) is 9.47 Å². The van der Waals surface area contributed by atoms with Crippen LogP contribution in [0.25, 0.3) is 11.3 Å². The molecule has 5 nitrogen and oxygen atoms in total. The second kappa shape index (κ2) is 6.86. The molecule has 6 heteroatoms. The SMILES string of the molecule is CCOC(=O)c1ccn(C(=O)OC(C)(C)C)c1-c1ccc(F)cc1. The van der Waals surface area contributed by atoms with Crippen molar-refractivity contribution in [3.63, 3.8) is 0 Å². The number of halogens is 1. The highest BCUT2D eigenvalue weighted by molar-refractivity contribution is 5.98. The van der Waals surface area contributed by atoms with Gasteiger partial charge in [0, 0.05) is 6.20 Å². The summed E-state index contributed by atoms with van der Waals surface area (Å²) in [5, 5.41) is 0. The topological polar surface area (TPSA) is 57.5 Å². The molecule has 0 N–H and O–H groups in total. The highest BCUT2D eigenvalue weighted by Gasteiger charge is 2.25. The lowest BCUT2D eigenvalue weighted by molar-refractivity contribution is 0.0527. The summed E-state index contributed by atoms with van der Waals surface area (Å²) in [6, 6.07) is 7.00. The molecule has 0 saturated heterocycles. The molecule has 0 saturated carbocycles. The van der Waals surface area contributed by atoms with E-state index in [1.165, 1.54) is 41.1 Å². The van der Waals surface area contributed by atoms with Crippen LogP contribution in [0.15, 0.2) is 36.5 Å². The number of nitrogens with zero attached hydrogens (tertiary/aromatic N) is 1. The van der Waals surface area contributed by atoms with Crippen molar-refractivity contribution in [2.75, 3.05) is 6.61 Å². The van der Waals surface area contributed by atoms with Crippen LogP contribution in [0.2, 0.25) is 0 Å². The maximum Gasteiger partial charge on any atom is 0.419 e. The van der Waals surface area contributed by atoms with Crippen molar-refractivity contribution in [2.45, 2.75) is 33.3 Å². The van der Waals surface area contributed by atoms with Crippen molar-refractivity contribution in [1.82, 2.24) is 4.57 Å². The van der Waals surface area contributed by atoms with Crippen LogP contribution in [0.4, 0.5) is 9.18 Å². The summed E-state index contributed by atoms with van der Waals surface area (Å²) in [6.45, 7) is 7.15. The number of carbonyl (C=O) groups excluding carboxylic acids is 2. The number of rotatable bonds is 3. The third kappa shape index (κ3) is 4.01. The third-order valence-corrected chi connectivity index (χ3v) is 3.09. The largest absolute Gasteiger partial charge is 0.462 e. The van der Waals surface area contributed by atoms with Gasteiger partial charge in [0.1, 0.15) is 11.4 Å². The second-order valence-corrected chi connectivity index (χ2v) is 6.16. The van der Waals surface area contributed by atoms with E-state index in [0.717, 1.165) is 0 Å². The van der Waals surface area contributed by atoms with Gasteiger partial charge in [-0.15, -0.1) is 0 Å². The summed E-state index contributed by atoms with van der Waals surface area (Å²) >= 11 is 0. The first-order chi connectivity index (χ1) is 11.2. The molecule has 0 bridgehead atoms. The van der Waals surface area contributed by atoms with Gasteiger partial charge in [-0.25, -0.2) is 14.0 Å². The summed E-state index contributed by atoms with van der Waals surface area (Å²) < 4.78 is 24.8. The Labute approximate surface area is 140 Å². The molecule has 0 fully saturated rings. The molecule has 0 unspecified atom stereocenters. The molecule has 1 aromatic heterocycles. The van der Waals surface area contributed by atoms with E-state index in [9.17, 15) is 14.0 Å². The Balaban J connectivity index is 2.54. The highest BCUT2D eigenvalue weighted by Crippen LogP contribution is 2.27. The lowest BCUT2D eigenvalue weighted by Gasteiger charge is -2.20. The number of carbonyl (C=O) groups is 2. The number of ether oxygens (including phenoxy) is 2. The van der Waals surface area contributed by atoms with E-state index in [0.29, 0.717) is 11.3 Å². The number of esters is 1.